The van der Waals surface area contributed by atoms with Gasteiger partial charge in [0, 0.05) is 7.05 Å². The molecule has 1 amide bonds. The van der Waals surface area contributed by atoms with Crippen LogP contribution in [0.25, 0.3) is 0 Å². The second-order valence-electron chi connectivity index (χ2n) is 2.39. The van der Waals surface area contributed by atoms with Crippen molar-refractivity contribution in [1.82, 2.24) is 14.7 Å². The van der Waals surface area contributed by atoms with Crippen LogP contribution < -0.4 is 5.32 Å². The number of rotatable bonds is 4. The van der Waals surface area contributed by atoms with Gasteiger partial charge in [-0.25, -0.2) is 9.37 Å². The lowest BCUT2D eigenvalue weighted by Gasteiger charge is -1.99. The Morgan fingerprint density at radius 2 is 2.47 bits per heavy atom. The molecule has 0 radical (unpaired) electrons. The van der Waals surface area contributed by atoms with E-state index in [-0.39, 0.29) is 11.5 Å². The van der Waals surface area contributed by atoms with Crippen LogP contribution in [0.2, 0.25) is 0 Å². The first-order chi connectivity index (χ1) is 7.19. The molecule has 0 saturated heterocycles. The largest absolute Gasteiger partial charge is 0.361 e. The smallest absolute Gasteiger partial charge is 0.277 e. The van der Waals surface area contributed by atoms with Crippen LogP contribution in [-0.4, -0.2) is 34.9 Å². The SMILES string of the molecule is CNC(=O)/C(=N\OCF)c1nsc(C)n1. The van der Waals surface area contributed by atoms with Crippen LogP contribution in [0.5, 0.6) is 0 Å². The fourth-order valence-corrected chi connectivity index (χ4v) is 1.26. The lowest BCUT2D eigenvalue weighted by Crippen LogP contribution is -2.29. The zero-order valence-corrected chi connectivity index (χ0v) is 8.97. The van der Waals surface area contributed by atoms with Gasteiger partial charge in [0.25, 0.3) is 12.8 Å². The number of halogens is 1. The van der Waals surface area contributed by atoms with Gasteiger partial charge in [-0.1, -0.05) is 5.16 Å². The minimum absolute atomic E-state index is 0.130. The second-order valence-corrected chi connectivity index (χ2v) is 3.35. The molecule has 15 heavy (non-hydrogen) atoms. The maximum atomic E-state index is 11.7. The van der Waals surface area contributed by atoms with Crippen molar-refractivity contribution in [2.75, 3.05) is 13.9 Å². The Bertz CT molecular complexity index is 379. The highest BCUT2D eigenvalue weighted by Crippen LogP contribution is 2.04. The summed E-state index contributed by atoms with van der Waals surface area (Å²) in [6.45, 7) is 0.627. The van der Waals surface area contributed by atoms with Gasteiger partial charge in [0.2, 0.25) is 11.5 Å². The van der Waals surface area contributed by atoms with E-state index in [1.165, 1.54) is 7.05 Å². The van der Waals surface area contributed by atoms with Gasteiger partial charge in [-0.05, 0) is 18.5 Å². The summed E-state index contributed by atoms with van der Waals surface area (Å²) in [7, 11) is 1.42. The number of nitrogens with one attached hydrogen (secondary N) is 1. The third-order valence-electron chi connectivity index (χ3n) is 1.39. The first kappa shape index (κ1) is 11.5. The molecule has 0 fully saturated rings. The van der Waals surface area contributed by atoms with Crippen LogP contribution >= 0.6 is 11.5 Å². The quantitative estimate of drug-likeness (QED) is 0.596. The molecular formula is C7H9FN4O2S. The lowest BCUT2D eigenvalue weighted by atomic mass is 10.3. The molecule has 0 bridgehead atoms. The van der Waals surface area contributed by atoms with Gasteiger partial charge in [0.1, 0.15) is 5.01 Å². The number of oxime groups is 1. The number of aryl methyl sites for hydroxylation is 1. The highest BCUT2D eigenvalue weighted by atomic mass is 32.1. The second kappa shape index (κ2) is 5.35. The van der Waals surface area contributed by atoms with Gasteiger partial charge in [-0.15, -0.1) is 0 Å². The number of alkyl halides is 1. The third-order valence-corrected chi connectivity index (χ3v) is 2.01. The molecule has 0 saturated carbocycles. The maximum Gasteiger partial charge on any atom is 0.277 e. The van der Waals surface area contributed by atoms with Gasteiger partial charge in [-0.3, -0.25) is 4.79 Å². The van der Waals surface area contributed by atoms with Crippen LogP contribution in [0.4, 0.5) is 4.39 Å². The third kappa shape index (κ3) is 2.94. The Morgan fingerprint density at radius 3 is 2.93 bits per heavy atom. The van der Waals surface area contributed by atoms with Crippen molar-refractivity contribution in [2.45, 2.75) is 6.92 Å². The van der Waals surface area contributed by atoms with Gasteiger partial charge in [-0.2, -0.15) is 4.37 Å². The molecule has 1 heterocycles. The number of carbonyl (C=O) groups excluding carboxylic acids is 1. The van der Waals surface area contributed by atoms with E-state index in [9.17, 15) is 9.18 Å². The minimum Gasteiger partial charge on any atom is -0.361 e. The molecule has 0 aromatic carbocycles. The van der Waals surface area contributed by atoms with Gasteiger partial charge >= 0.3 is 0 Å². The van der Waals surface area contributed by atoms with Gasteiger partial charge in [0.15, 0.2) is 0 Å². The molecule has 0 unspecified atom stereocenters. The van der Waals surface area contributed by atoms with Crippen LogP contribution in [0, 0.1) is 6.92 Å². The number of hydrogen-bond donors (Lipinski definition) is 1. The average Bonchev–Trinajstić information content (AvgIpc) is 2.65. The Labute approximate surface area is 89.3 Å². The van der Waals surface area contributed by atoms with E-state index in [2.05, 4.69) is 24.7 Å². The normalized spacial score (nSPS) is 11.3. The predicted molar refractivity (Wildman–Crippen MR) is 52.3 cm³/mol. The van der Waals surface area contributed by atoms with Crippen molar-refractivity contribution in [1.29, 1.82) is 0 Å². The highest BCUT2D eigenvalue weighted by molar-refractivity contribution is 7.05. The molecule has 1 aromatic rings. The molecule has 82 valence electrons. The first-order valence-electron chi connectivity index (χ1n) is 3.97. The van der Waals surface area contributed by atoms with Gasteiger partial charge in [0.05, 0.1) is 0 Å². The summed E-state index contributed by atoms with van der Waals surface area (Å²) < 4.78 is 15.6. The number of hydrogen-bond acceptors (Lipinski definition) is 6. The molecular weight excluding hydrogens is 223 g/mol. The van der Waals surface area contributed by atoms with E-state index in [0.717, 1.165) is 11.5 Å². The Kier molecular flexibility index (Phi) is 4.10. The minimum atomic E-state index is -1.11. The average molecular weight is 232 g/mol. The summed E-state index contributed by atoms with van der Waals surface area (Å²) in [5.74, 6) is -0.397. The zero-order chi connectivity index (χ0) is 11.3. The topological polar surface area (TPSA) is 76.5 Å². The Morgan fingerprint density at radius 1 is 1.73 bits per heavy atom. The number of nitrogens with zero attached hydrogens (tertiary/aromatic N) is 3. The first-order valence-corrected chi connectivity index (χ1v) is 4.75. The Hall–Kier alpha value is -1.57. The molecule has 8 heteroatoms. The molecule has 1 rings (SSSR count). The molecule has 1 aromatic heterocycles. The zero-order valence-electron chi connectivity index (χ0n) is 8.15. The Balaban J connectivity index is 2.95. The van der Waals surface area contributed by atoms with Crippen molar-refractivity contribution in [3.63, 3.8) is 0 Å². The van der Waals surface area contributed by atoms with Crippen LogP contribution in [0.3, 0.4) is 0 Å². The molecule has 0 spiro atoms. The van der Waals surface area contributed by atoms with Crippen molar-refractivity contribution >= 4 is 23.2 Å². The molecule has 0 atom stereocenters. The fraction of sp³-hybridized carbons (Fsp3) is 0.429. The van der Waals surface area contributed by atoms with E-state index >= 15 is 0 Å². The summed E-state index contributed by atoms with van der Waals surface area (Å²) in [6, 6.07) is 0. The summed E-state index contributed by atoms with van der Waals surface area (Å²) >= 11 is 1.12. The van der Waals surface area contributed by atoms with E-state index in [1.807, 2.05) is 0 Å². The number of amides is 1. The van der Waals surface area contributed by atoms with Crippen LogP contribution in [-0.2, 0) is 9.63 Å². The summed E-state index contributed by atoms with van der Waals surface area (Å²) in [5, 5.41) is 6.32. The summed E-state index contributed by atoms with van der Waals surface area (Å²) in [4.78, 5) is 19.4. The van der Waals surface area contributed by atoms with E-state index in [1.54, 1.807) is 6.92 Å². The van der Waals surface area contributed by atoms with E-state index < -0.39 is 12.8 Å². The highest BCUT2D eigenvalue weighted by Gasteiger charge is 2.18. The standard InChI is InChI=1S/C7H9FN4O2S/c1-4-10-6(12-15-4)5(7(13)9-2)11-14-3-8/h3H2,1-2H3,(H,9,13)/b11-5-. The lowest BCUT2D eigenvalue weighted by molar-refractivity contribution is -0.114. The van der Waals surface area contributed by atoms with Gasteiger partial charge < -0.3 is 10.2 Å². The number of carbonyl (C=O) groups is 1. The molecule has 1 N–H and O–H groups in total. The summed E-state index contributed by atoms with van der Waals surface area (Å²) in [5.41, 5.74) is -0.139. The summed E-state index contributed by atoms with van der Waals surface area (Å²) in [6.07, 6.45) is 0. The van der Waals surface area contributed by atoms with Crippen molar-refractivity contribution < 1.29 is 14.0 Å². The molecule has 0 aliphatic heterocycles. The molecule has 6 nitrogen and oxygen atoms in total. The van der Waals surface area contributed by atoms with E-state index in [0.29, 0.717) is 5.01 Å². The number of likely N-dealkylation sites (N-methyl/N-ethyl adjacent to an activating group) is 1. The van der Waals surface area contributed by atoms with Crippen molar-refractivity contribution in [3.05, 3.63) is 10.8 Å². The molecule has 0 aliphatic carbocycles. The monoisotopic (exact) mass is 232 g/mol. The molecule has 0 aliphatic rings. The van der Waals surface area contributed by atoms with E-state index in [4.69, 9.17) is 0 Å². The van der Waals surface area contributed by atoms with Crippen LogP contribution in [0.1, 0.15) is 10.8 Å². The number of aromatic nitrogens is 2. The fourth-order valence-electron chi connectivity index (χ4n) is 0.787. The maximum absolute atomic E-state index is 11.7. The van der Waals surface area contributed by atoms with Crippen LogP contribution in [0.15, 0.2) is 5.16 Å². The predicted octanol–water partition coefficient (Wildman–Crippen LogP) is 0.240. The van der Waals surface area contributed by atoms with Crippen molar-refractivity contribution in [3.8, 4) is 0 Å². The van der Waals surface area contributed by atoms with Crippen molar-refractivity contribution in [2.24, 2.45) is 5.16 Å².